The average Bonchev–Trinajstić information content (AvgIpc) is 3.24. The van der Waals surface area contributed by atoms with Crippen LogP contribution >= 0.6 is 0 Å². The second-order valence-electron chi connectivity index (χ2n) is 7.63. The molecule has 2 heterocycles. The van der Waals surface area contributed by atoms with E-state index in [4.69, 9.17) is 0 Å². The van der Waals surface area contributed by atoms with Gasteiger partial charge in [-0.05, 0) is 54.4 Å². The summed E-state index contributed by atoms with van der Waals surface area (Å²) in [6.45, 7) is 5.42. The van der Waals surface area contributed by atoms with Gasteiger partial charge in [0.15, 0.2) is 0 Å². The maximum atomic E-state index is 12.5. The van der Waals surface area contributed by atoms with Crippen molar-refractivity contribution in [1.82, 2.24) is 14.7 Å². The number of carbonyl (C=O) groups is 2. The molecule has 0 spiro atoms. The van der Waals surface area contributed by atoms with E-state index in [0.29, 0.717) is 13.1 Å². The molecule has 2 aromatic rings. The number of fused-ring (bicyclic) bond motifs is 1. The minimum absolute atomic E-state index is 0.0536. The smallest absolute Gasteiger partial charge is 0.247 e. The number of piperazine rings is 1. The molecule has 2 aliphatic heterocycles. The molecular formula is C23H27N3O2. The fraction of sp³-hybridized carbons (Fsp3) is 0.391. The molecule has 146 valence electrons. The lowest BCUT2D eigenvalue weighted by atomic mass is 10.1. The van der Waals surface area contributed by atoms with Gasteiger partial charge in [-0.2, -0.15) is 0 Å². The molecule has 0 radical (unpaired) electrons. The van der Waals surface area contributed by atoms with Gasteiger partial charge in [0.05, 0.1) is 0 Å². The van der Waals surface area contributed by atoms with Crippen LogP contribution in [0.25, 0.3) is 16.8 Å². The first-order valence-corrected chi connectivity index (χ1v) is 10.1. The summed E-state index contributed by atoms with van der Waals surface area (Å²) in [6.07, 6.45) is 5.94. The number of nitrogens with zero attached hydrogens (tertiary/aromatic N) is 3. The highest BCUT2D eigenvalue weighted by Crippen LogP contribution is 2.17. The summed E-state index contributed by atoms with van der Waals surface area (Å²) in [5.74, 6) is -0.0430. The fourth-order valence-electron chi connectivity index (χ4n) is 3.99. The van der Waals surface area contributed by atoms with Gasteiger partial charge in [-0.3, -0.25) is 9.59 Å². The molecule has 0 aromatic heterocycles. The van der Waals surface area contributed by atoms with Gasteiger partial charge in [0, 0.05) is 32.3 Å². The molecule has 4 rings (SSSR count). The van der Waals surface area contributed by atoms with E-state index < -0.39 is 0 Å². The number of carbonyl (C=O) groups excluding carboxylic acids is 2. The summed E-state index contributed by atoms with van der Waals surface area (Å²) in [7, 11) is 0. The van der Waals surface area contributed by atoms with Gasteiger partial charge in [-0.15, -0.1) is 0 Å². The molecule has 2 amide bonds. The summed E-state index contributed by atoms with van der Waals surface area (Å²) in [4.78, 5) is 30.9. The monoisotopic (exact) mass is 377 g/mol. The Bertz CT molecular complexity index is 886. The van der Waals surface area contributed by atoms with Crippen LogP contribution in [0, 0.1) is 0 Å². The number of hydrogen-bond acceptors (Lipinski definition) is 3. The zero-order valence-corrected chi connectivity index (χ0v) is 16.2. The van der Waals surface area contributed by atoms with Gasteiger partial charge < -0.3 is 14.7 Å². The zero-order valence-electron chi connectivity index (χ0n) is 16.2. The Morgan fingerprint density at radius 3 is 2.50 bits per heavy atom. The van der Waals surface area contributed by atoms with Crippen LogP contribution < -0.4 is 0 Å². The summed E-state index contributed by atoms with van der Waals surface area (Å²) in [5, 5.41) is 2.33. The second kappa shape index (κ2) is 8.57. The highest BCUT2D eigenvalue weighted by Gasteiger charge is 2.26. The quantitative estimate of drug-likeness (QED) is 0.753. The van der Waals surface area contributed by atoms with Gasteiger partial charge in [-0.25, -0.2) is 0 Å². The third-order valence-corrected chi connectivity index (χ3v) is 5.71. The first-order chi connectivity index (χ1) is 13.7. The minimum Gasteiger partial charge on any atom is -0.338 e. The molecule has 2 fully saturated rings. The molecule has 28 heavy (non-hydrogen) atoms. The summed E-state index contributed by atoms with van der Waals surface area (Å²) < 4.78 is 0. The maximum Gasteiger partial charge on any atom is 0.247 e. The number of hydrogen-bond donors (Lipinski definition) is 0. The molecule has 0 atom stereocenters. The molecule has 2 saturated heterocycles. The van der Waals surface area contributed by atoms with Crippen molar-refractivity contribution in [2.45, 2.75) is 12.8 Å². The van der Waals surface area contributed by atoms with Crippen molar-refractivity contribution in [3.8, 4) is 0 Å². The van der Waals surface area contributed by atoms with E-state index in [-0.39, 0.29) is 18.4 Å². The molecule has 5 nitrogen and oxygen atoms in total. The summed E-state index contributed by atoms with van der Waals surface area (Å²) in [5.41, 5.74) is 0.989. The fourth-order valence-corrected chi connectivity index (χ4v) is 3.99. The van der Waals surface area contributed by atoms with Crippen LogP contribution in [0.5, 0.6) is 0 Å². The van der Waals surface area contributed by atoms with E-state index in [0.717, 1.165) is 37.1 Å². The summed E-state index contributed by atoms with van der Waals surface area (Å²) >= 11 is 0. The van der Waals surface area contributed by atoms with Crippen LogP contribution in [-0.2, 0) is 9.59 Å². The third-order valence-electron chi connectivity index (χ3n) is 5.71. The van der Waals surface area contributed by atoms with Crippen LogP contribution in [0.15, 0.2) is 48.5 Å². The third kappa shape index (κ3) is 4.42. The second-order valence-corrected chi connectivity index (χ2v) is 7.63. The van der Waals surface area contributed by atoms with Gasteiger partial charge in [-0.1, -0.05) is 36.4 Å². The minimum atomic E-state index is -0.0966. The molecule has 0 unspecified atom stereocenters. The molecule has 5 heteroatoms. The predicted octanol–water partition coefficient (Wildman–Crippen LogP) is 2.62. The molecule has 2 aromatic carbocycles. The van der Waals surface area contributed by atoms with Gasteiger partial charge in [0.1, 0.15) is 6.54 Å². The van der Waals surface area contributed by atoms with Gasteiger partial charge >= 0.3 is 0 Å². The molecule has 0 N–H and O–H groups in total. The van der Waals surface area contributed by atoms with E-state index in [1.54, 1.807) is 11.0 Å². The van der Waals surface area contributed by atoms with Crippen LogP contribution in [-0.4, -0.2) is 72.3 Å². The SMILES string of the molecule is O=C(C=Cc1ccc2ccccc2c1)N1CCN(CCN2CCCC2)C(=O)C1. The largest absolute Gasteiger partial charge is 0.338 e. The van der Waals surface area contributed by atoms with E-state index in [9.17, 15) is 9.59 Å². The molecule has 0 aliphatic carbocycles. The number of amides is 2. The van der Waals surface area contributed by atoms with E-state index >= 15 is 0 Å². The number of likely N-dealkylation sites (tertiary alicyclic amines) is 1. The van der Waals surface area contributed by atoms with Crippen LogP contribution in [0.1, 0.15) is 18.4 Å². The van der Waals surface area contributed by atoms with Crippen molar-refractivity contribution in [2.75, 3.05) is 45.8 Å². The van der Waals surface area contributed by atoms with Crippen molar-refractivity contribution >= 4 is 28.7 Å². The average molecular weight is 377 g/mol. The number of benzene rings is 2. The normalized spacial score (nSPS) is 18.5. The first kappa shape index (κ1) is 18.7. The topological polar surface area (TPSA) is 43.9 Å². The molecule has 2 aliphatic rings. The summed E-state index contributed by atoms with van der Waals surface area (Å²) in [6, 6.07) is 14.3. The Kier molecular flexibility index (Phi) is 5.72. The molecule has 0 saturated carbocycles. The van der Waals surface area contributed by atoms with Crippen molar-refractivity contribution in [1.29, 1.82) is 0 Å². The lowest BCUT2D eigenvalue weighted by molar-refractivity contribution is -0.143. The Morgan fingerprint density at radius 2 is 1.71 bits per heavy atom. The number of rotatable bonds is 5. The van der Waals surface area contributed by atoms with Gasteiger partial charge in [0.2, 0.25) is 11.8 Å². The predicted molar refractivity (Wildman–Crippen MR) is 112 cm³/mol. The molecule has 0 bridgehead atoms. The maximum absolute atomic E-state index is 12.5. The Morgan fingerprint density at radius 1 is 0.929 bits per heavy atom. The lowest BCUT2D eigenvalue weighted by Crippen LogP contribution is -2.53. The zero-order chi connectivity index (χ0) is 19.3. The van der Waals surface area contributed by atoms with Crippen molar-refractivity contribution in [2.24, 2.45) is 0 Å². The Labute approximate surface area is 166 Å². The first-order valence-electron chi connectivity index (χ1n) is 10.1. The lowest BCUT2D eigenvalue weighted by Gasteiger charge is -2.34. The van der Waals surface area contributed by atoms with Crippen LogP contribution in [0.3, 0.4) is 0 Å². The van der Waals surface area contributed by atoms with E-state index in [1.165, 1.54) is 18.2 Å². The van der Waals surface area contributed by atoms with Crippen molar-refractivity contribution in [3.63, 3.8) is 0 Å². The van der Waals surface area contributed by atoms with Crippen LogP contribution in [0.4, 0.5) is 0 Å². The highest BCUT2D eigenvalue weighted by atomic mass is 16.2. The van der Waals surface area contributed by atoms with Gasteiger partial charge in [0.25, 0.3) is 0 Å². The Hall–Kier alpha value is -2.66. The van der Waals surface area contributed by atoms with Crippen molar-refractivity contribution in [3.05, 3.63) is 54.1 Å². The van der Waals surface area contributed by atoms with Crippen LogP contribution in [0.2, 0.25) is 0 Å². The highest BCUT2D eigenvalue weighted by molar-refractivity contribution is 5.95. The van der Waals surface area contributed by atoms with E-state index in [2.05, 4.69) is 29.2 Å². The Balaban J connectivity index is 1.31. The van der Waals surface area contributed by atoms with Crippen molar-refractivity contribution < 1.29 is 9.59 Å². The standard InChI is InChI=1S/C23H27N3O2/c27-22(10-8-19-7-9-20-5-1-2-6-21(20)17-19)26-16-15-25(23(28)18-26)14-13-24-11-3-4-12-24/h1-2,5-10,17H,3-4,11-16,18H2. The van der Waals surface area contributed by atoms with E-state index in [1.807, 2.05) is 29.2 Å². The molecular weight excluding hydrogens is 350 g/mol.